The van der Waals surface area contributed by atoms with Crippen molar-refractivity contribution < 1.29 is 22.4 Å². The van der Waals surface area contributed by atoms with Crippen molar-refractivity contribution in [2.75, 3.05) is 6.54 Å². The number of nitrogens with zero attached hydrogens (tertiary/aromatic N) is 4. The van der Waals surface area contributed by atoms with Gasteiger partial charge in [0.05, 0.1) is 12.1 Å². The van der Waals surface area contributed by atoms with Gasteiger partial charge in [-0.15, -0.1) is 0 Å². The Morgan fingerprint density at radius 1 is 1.35 bits per heavy atom. The summed E-state index contributed by atoms with van der Waals surface area (Å²) in [7, 11) is 0. The zero-order valence-electron chi connectivity index (χ0n) is 13.2. The first-order chi connectivity index (χ1) is 12.4. The quantitative estimate of drug-likeness (QED) is 0.756. The molecule has 1 amide bonds. The van der Waals surface area contributed by atoms with Crippen molar-refractivity contribution >= 4 is 5.91 Å². The Labute approximate surface area is 144 Å². The number of hydrogen-bond donors (Lipinski definition) is 1. The van der Waals surface area contributed by atoms with Crippen LogP contribution in [0, 0.1) is 0 Å². The number of hydrogen-bond acceptors (Lipinski definition) is 5. The first-order valence-electron chi connectivity index (χ1n) is 7.72. The number of alkyl halides is 3. The van der Waals surface area contributed by atoms with Gasteiger partial charge in [-0.3, -0.25) is 14.9 Å². The van der Waals surface area contributed by atoms with Gasteiger partial charge in [0.25, 0.3) is 5.91 Å². The van der Waals surface area contributed by atoms with Crippen molar-refractivity contribution in [3.63, 3.8) is 0 Å². The zero-order chi connectivity index (χ0) is 18.3. The van der Waals surface area contributed by atoms with Crippen LogP contribution in [0.1, 0.15) is 27.6 Å². The number of carbonyl (C=O) groups is 1. The fourth-order valence-corrected chi connectivity index (χ4v) is 2.72. The van der Waals surface area contributed by atoms with Crippen LogP contribution in [0.5, 0.6) is 0 Å². The highest BCUT2D eigenvalue weighted by Crippen LogP contribution is 2.29. The summed E-state index contributed by atoms with van der Waals surface area (Å²) in [4.78, 5) is 22.2. The van der Waals surface area contributed by atoms with E-state index < -0.39 is 17.8 Å². The summed E-state index contributed by atoms with van der Waals surface area (Å²) in [5, 5.41) is 5.33. The predicted molar refractivity (Wildman–Crippen MR) is 81.8 cm³/mol. The molecule has 1 aliphatic rings. The van der Waals surface area contributed by atoms with E-state index in [9.17, 15) is 18.0 Å². The molecule has 1 aliphatic heterocycles. The molecular formula is C16H12F3N5O2. The number of halogens is 3. The maximum Gasteiger partial charge on any atom is 0.432 e. The fraction of sp³-hybridized carbons (Fsp3) is 0.250. The number of rotatable bonds is 2. The Kier molecular flexibility index (Phi) is 3.74. The molecule has 26 heavy (non-hydrogen) atoms. The summed E-state index contributed by atoms with van der Waals surface area (Å²) in [6.45, 7) is 0.452. The van der Waals surface area contributed by atoms with Crippen molar-refractivity contribution in [3.8, 4) is 11.5 Å². The molecular weight excluding hydrogens is 351 g/mol. The molecule has 3 aromatic rings. The van der Waals surface area contributed by atoms with E-state index in [4.69, 9.17) is 4.42 Å². The van der Waals surface area contributed by atoms with E-state index >= 15 is 0 Å². The Hall–Kier alpha value is -3.17. The van der Waals surface area contributed by atoms with Gasteiger partial charge in [0.2, 0.25) is 5.89 Å². The highest BCUT2D eigenvalue weighted by atomic mass is 19.4. The van der Waals surface area contributed by atoms with Gasteiger partial charge in [-0.05, 0) is 12.1 Å². The average Bonchev–Trinajstić information content (AvgIpc) is 3.28. The van der Waals surface area contributed by atoms with Crippen LogP contribution in [0.2, 0.25) is 0 Å². The molecule has 3 aromatic heterocycles. The predicted octanol–water partition coefficient (Wildman–Crippen LogP) is 2.68. The fourth-order valence-electron chi connectivity index (χ4n) is 2.72. The van der Waals surface area contributed by atoms with Crippen LogP contribution >= 0.6 is 0 Å². The maximum atomic E-state index is 12.6. The van der Waals surface area contributed by atoms with Gasteiger partial charge in [-0.2, -0.15) is 18.3 Å². The van der Waals surface area contributed by atoms with E-state index in [-0.39, 0.29) is 12.2 Å². The minimum absolute atomic E-state index is 0.145. The first-order valence-corrected chi connectivity index (χ1v) is 7.72. The minimum atomic E-state index is -4.58. The van der Waals surface area contributed by atoms with Gasteiger partial charge < -0.3 is 9.32 Å². The molecule has 4 rings (SSSR count). The Balaban J connectivity index is 1.54. The summed E-state index contributed by atoms with van der Waals surface area (Å²) < 4.78 is 43.6. The number of pyridine rings is 1. The maximum absolute atomic E-state index is 12.6. The van der Waals surface area contributed by atoms with Crippen molar-refractivity contribution in [2.24, 2.45) is 0 Å². The summed E-state index contributed by atoms with van der Waals surface area (Å²) in [6.07, 6.45) is -0.912. The summed E-state index contributed by atoms with van der Waals surface area (Å²) in [6, 6.07) is 4.27. The number of carbonyl (C=O) groups excluding carboxylic acids is 1. The molecule has 0 spiro atoms. The van der Waals surface area contributed by atoms with E-state index in [1.54, 1.807) is 24.5 Å². The van der Waals surface area contributed by atoms with E-state index in [2.05, 4.69) is 15.1 Å². The number of amides is 1. The summed E-state index contributed by atoms with van der Waals surface area (Å²) in [5.74, 6) is 0.468. The lowest BCUT2D eigenvalue weighted by Gasteiger charge is -2.24. The van der Waals surface area contributed by atoms with Crippen molar-refractivity contribution in [1.82, 2.24) is 25.1 Å². The van der Waals surface area contributed by atoms with Gasteiger partial charge in [0.15, 0.2) is 5.69 Å². The second-order valence-corrected chi connectivity index (χ2v) is 5.77. The zero-order valence-corrected chi connectivity index (χ0v) is 13.2. The summed E-state index contributed by atoms with van der Waals surface area (Å²) in [5.41, 5.74) is -0.0486. The molecule has 4 heterocycles. The molecule has 10 heteroatoms. The molecule has 0 bridgehead atoms. The standard InChI is InChI=1S/C16H12F3N5O2/c17-16(18,19)13-6-10(22-23-13)15(25)24-5-3-12-11(8-24)21-14(26-12)9-2-1-4-20-7-9/h1-2,4,6-7H,3,5,8H2,(H,22,23). The molecule has 0 aliphatic carbocycles. The molecule has 0 saturated heterocycles. The van der Waals surface area contributed by atoms with E-state index in [0.717, 1.165) is 0 Å². The van der Waals surface area contributed by atoms with Crippen LogP contribution in [0.15, 0.2) is 35.0 Å². The summed E-state index contributed by atoms with van der Waals surface area (Å²) >= 11 is 0. The molecule has 0 unspecified atom stereocenters. The second kappa shape index (κ2) is 5.97. The molecule has 0 saturated carbocycles. The van der Waals surface area contributed by atoms with E-state index in [1.165, 1.54) is 4.90 Å². The topological polar surface area (TPSA) is 87.9 Å². The van der Waals surface area contributed by atoms with Gasteiger partial charge in [-0.25, -0.2) is 4.98 Å². The number of fused-ring (bicyclic) bond motifs is 1. The molecule has 134 valence electrons. The number of aromatic nitrogens is 4. The van der Waals surface area contributed by atoms with Crippen molar-refractivity contribution in [2.45, 2.75) is 19.1 Å². The normalized spacial score (nSPS) is 14.3. The van der Waals surface area contributed by atoms with E-state index in [1.807, 2.05) is 5.10 Å². The minimum Gasteiger partial charge on any atom is -0.441 e. The molecule has 1 N–H and O–H groups in total. The SMILES string of the molecule is O=C(c1cc(C(F)(F)F)[nH]n1)N1CCc2oc(-c3cccnc3)nc2C1. The van der Waals surface area contributed by atoms with Crippen LogP contribution in [0.25, 0.3) is 11.5 Å². The van der Waals surface area contributed by atoms with Crippen molar-refractivity contribution in [1.29, 1.82) is 0 Å². The van der Waals surface area contributed by atoms with Crippen LogP contribution < -0.4 is 0 Å². The highest BCUT2D eigenvalue weighted by Gasteiger charge is 2.35. The Morgan fingerprint density at radius 3 is 2.88 bits per heavy atom. The van der Waals surface area contributed by atoms with Crippen LogP contribution in [0.4, 0.5) is 13.2 Å². The van der Waals surface area contributed by atoms with Gasteiger partial charge in [-0.1, -0.05) is 0 Å². The van der Waals surface area contributed by atoms with Gasteiger partial charge in [0.1, 0.15) is 17.1 Å². The molecule has 0 radical (unpaired) electrons. The average molecular weight is 363 g/mol. The largest absolute Gasteiger partial charge is 0.441 e. The van der Waals surface area contributed by atoms with Gasteiger partial charge in [0, 0.05) is 31.4 Å². The second-order valence-electron chi connectivity index (χ2n) is 5.77. The van der Waals surface area contributed by atoms with Gasteiger partial charge >= 0.3 is 6.18 Å². The molecule has 0 aromatic carbocycles. The third kappa shape index (κ3) is 2.93. The van der Waals surface area contributed by atoms with Crippen LogP contribution in [-0.4, -0.2) is 37.5 Å². The number of oxazole rings is 1. The Morgan fingerprint density at radius 2 is 2.19 bits per heavy atom. The smallest absolute Gasteiger partial charge is 0.432 e. The number of H-pyrrole nitrogens is 1. The molecule has 0 fully saturated rings. The third-order valence-corrected chi connectivity index (χ3v) is 4.03. The number of aromatic amines is 1. The van der Waals surface area contributed by atoms with Crippen LogP contribution in [-0.2, 0) is 19.1 Å². The van der Waals surface area contributed by atoms with Crippen molar-refractivity contribution in [3.05, 3.63) is 53.4 Å². The lowest BCUT2D eigenvalue weighted by atomic mass is 10.1. The highest BCUT2D eigenvalue weighted by molar-refractivity contribution is 5.92. The molecule has 0 atom stereocenters. The lowest BCUT2D eigenvalue weighted by molar-refractivity contribution is -0.141. The van der Waals surface area contributed by atoms with E-state index in [0.29, 0.717) is 41.9 Å². The monoisotopic (exact) mass is 363 g/mol. The molecule has 7 nitrogen and oxygen atoms in total. The lowest BCUT2D eigenvalue weighted by Crippen LogP contribution is -2.36. The third-order valence-electron chi connectivity index (χ3n) is 4.03. The first kappa shape index (κ1) is 16.3. The number of nitrogens with one attached hydrogen (secondary N) is 1. The van der Waals surface area contributed by atoms with Crippen LogP contribution in [0.3, 0.4) is 0 Å². The Bertz CT molecular complexity index is 948.